The molecule has 15 heavy (non-hydrogen) atoms. The van der Waals surface area contributed by atoms with Gasteiger partial charge in [-0.3, -0.25) is 4.79 Å². The maximum atomic E-state index is 13.3. The predicted octanol–water partition coefficient (Wildman–Crippen LogP) is 2.41. The van der Waals surface area contributed by atoms with Crippen molar-refractivity contribution in [2.75, 3.05) is 0 Å². The number of nitrogens with zero attached hydrogens (tertiary/aromatic N) is 1. The summed E-state index contributed by atoms with van der Waals surface area (Å²) in [7, 11) is 1.41. The second-order valence-corrected chi connectivity index (χ2v) is 3.17. The van der Waals surface area contributed by atoms with Crippen LogP contribution in [0.5, 0.6) is 0 Å². The van der Waals surface area contributed by atoms with Crippen molar-refractivity contribution >= 4 is 17.2 Å². The quantitative estimate of drug-likeness (QED) is 0.526. The highest BCUT2D eigenvalue weighted by atomic mass is 19.2. The summed E-state index contributed by atoms with van der Waals surface area (Å²) in [6.07, 6.45) is 0.495. The molecule has 0 saturated carbocycles. The first-order chi connectivity index (χ1) is 7.06. The molecule has 0 N–H and O–H groups in total. The molecule has 1 aromatic heterocycles. The van der Waals surface area contributed by atoms with Gasteiger partial charge in [0.25, 0.3) is 0 Å². The zero-order valence-corrected chi connectivity index (χ0v) is 7.72. The van der Waals surface area contributed by atoms with Crippen LogP contribution in [0.25, 0.3) is 10.9 Å². The van der Waals surface area contributed by atoms with Crippen LogP contribution in [0, 0.1) is 17.5 Å². The summed E-state index contributed by atoms with van der Waals surface area (Å²) in [5.41, 5.74) is 0.0462. The van der Waals surface area contributed by atoms with Crippen LogP contribution in [-0.4, -0.2) is 10.9 Å². The highest BCUT2D eigenvalue weighted by Gasteiger charge is 2.17. The van der Waals surface area contributed by atoms with Crippen LogP contribution in [-0.2, 0) is 7.05 Å². The van der Waals surface area contributed by atoms with Crippen LogP contribution in [0.2, 0.25) is 0 Å². The lowest BCUT2D eigenvalue weighted by Crippen LogP contribution is -1.98. The third-order valence-corrected chi connectivity index (χ3v) is 2.31. The number of aryl methyl sites for hydroxylation is 1. The lowest BCUT2D eigenvalue weighted by Gasteiger charge is -2.01. The topological polar surface area (TPSA) is 22.0 Å². The number of benzene rings is 1. The fourth-order valence-corrected chi connectivity index (χ4v) is 1.55. The molecule has 0 amide bonds. The zero-order valence-electron chi connectivity index (χ0n) is 7.72. The average molecular weight is 213 g/mol. The molecule has 2 aromatic rings. The van der Waals surface area contributed by atoms with Gasteiger partial charge in [-0.15, -0.1) is 0 Å². The van der Waals surface area contributed by atoms with Crippen LogP contribution in [0.1, 0.15) is 10.5 Å². The van der Waals surface area contributed by atoms with Gasteiger partial charge < -0.3 is 4.57 Å². The molecule has 78 valence electrons. The Morgan fingerprint density at radius 2 is 1.87 bits per heavy atom. The lowest BCUT2D eigenvalue weighted by molar-refractivity contribution is 0.111. The zero-order chi connectivity index (χ0) is 11.2. The SMILES string of the molecule is Cn1c(C=O)cc2cc(F)c(F)c(F)c21. The normalized spacial score (nSPS) is 10.9. The monoisotopic (exact) mass is 213 g/mol. The van der Waals surface area contributed by atoms with Crippen molar-refractivity contribution in [2.24, 2.45) is 7.05 Å². The van der Waals surface area contributed by atoms with Crippen molar-refractivity contribution in [1.82, 2.24) is 4.57 Å². The highest BCUT2D eigenvalue weighted by molar-refractivity contribution is 5.89. The molecule has 1 aromatic carbocycles. The molecule has 0 bridgehead atoms. The smallest absolute Gasteiger partial charge is 0.196 e. The van der Waals surface area contributed by atoms with Crippen molar-refractivity contribution in [3.05, 3.63) is 35.3 Å². The minimum absolute atomic E-state index is 0.115. The Kier molecular flexibility index (Phi) is 2.03. The van der Waals surface area contributed by atoms with Crippen LogP contribution < -0.4 is 0 Å². The van der Waals surface area contributed by atoms with Gasteiger partial charge in [-0.25, -0.2) is 13.2 Å². The molecule has 2 nitrogen and oxygen atoms in total. The molecule has 0 atom stereocenters. The lowest BCUT2D eigenvalue weighted by atomic mass is 10.2. The second-order valence-electron chi connectivity index (χ2n) is 3.17. The van der Waals surface area contributed by atoms with Gasteiger partial charge in [-0.1, -0.05) is 0 Å². The van der Waals surface area contributed by atoms with E-state index in [-0.39, 0.29) is 16.6 Å². The molecule has 0 radical (unpaired) electrons. The molecule has 0 fully saturated rings. The largest absolute Gasteiger partial charge is 0.339 e. The number of hydrogen-bond donors (Lipinski definition) is 0. The Hall–Kier alpha value is -1.78. The number of fused-ring (bicyclic) bond motifs is 1. The van der Waals surface area contributed by atoms with Gasteiger partial charge in [0.15, 0.2) is 23.7 Å². The third kappa shape index (κ3) is 1.23. The van der Waals surface area contributed by atoms with E-state index in [0.29, 0.717) is 6.29 Å². The van der Waals surface area contributed by atoms with E-state index in [1.807, 2.05) is 0 Å². The van der Waals surface area contributed by atoms with Crippen molar-refractivity contribution < 1.29 is 18.0 Å². The van der Waals surface area contributed by atoms with Crippen molar-refractivity contribution in [3.8, 4) is 0 Å². The number of rotatable bonds is 1. The van der Waals surface area contributed by atoms with E-state index in [0.717, 1.165) is 6.07 Å². The van der Waals surface area contributed by atoms with Crippen LogP contribution in [0.3, 0.4) is 0 Å². The molecular formula is C10H6F3NO. The molecule has 0 aliphatic rings. The third-order valence-electron chi connectivity index (χ3n) is 2.31. The average Bonchev–Trinajstić information content (AvgIpc) is 2.52. The molecule has 0 aliphatic carbocycles. The highest BCUT2D eigenvalue weighted by Crippen LogP contribution is 2.25. The van der Waals surface area contributed by atoms with Gasteiger partial charge in [-0.2, -0.15) is 0 Å². The summed E-state index contributed by atoms with van der Waals surface area (Å²) in [6, 6.07) is 2.16. The first-order valence-corrected chi connectivity index (χ1v) is 4.14. The van der Waals surface area contributed by atoms with Gasteiger partial charge >= 0.3 is 0 Å². The van der Waals surface area contributed by atoms with E-state index in [4.69, 9.17) is 0 Å². The van der Waals surface area contributed by atoms with E-state index in [2.05, 4.69) is 0 Å². The summed E-state index contributed by atoms with van der Waals surface area (Å²) in [4.78, 5) is 10.5. The van der Waals surface area contributed by atoms with Crippen LogP contribution in [0.15, 0.2) is 12.1 Å². The van der Waals surface area contributed by atoms with Gasteiger partial charge in [0.1, 0.15) is 0 Å². The first kappa shape index (κ1) is 9.76. The minimum atomic E-state index is -1.53. The van der Waals surface area contributed by atoms with Gasteiger partial charge in [0.05, 0.1) is 11.2 Å². The molecule has 2 rings (SSSR count). The minimum Gasteiger partial charge on any atom is -0.339 e. The molecule has 0 aliphatic heterocycles. The fraction of sp³-hybridized carbons (Fsp3) is 0.100. The summed E-state index contributed by atoms with van der Waals surface area (Å²) in [5, 5.41) is 0.163. The standard InChI is InChI=1S/C10H6F3NO/c1-14-6(4-15)2-5-3-7(11)8(12)9(13)10(5)14/h2-4H,1H3. The summed E-state index contributed by atoms with van der Waals surface area (Å²) in [6.45, 7) is 0. The number of hydrogen-bond acceptors (Lipinski definition) is 1. The van der Waals surface area contributed by atoms with E-state index in [9.17, 15) is 18.0 Å². The van der Waals surface area contributed by atoms with Crippen LogP contribution in [0.4, 0.5) is 13.2 Å². The number of carbonyl (C=O) groups is 1. The Balaban J connectivity index is 2.96. The fourth-order valence-electron chi connectivity index (χ4n) is 1.55. The maximum Gasteiger partial charge on any atom is 0.196 e. The van der Waals surface area contributed by atoms with Crippen molar-refractivity contribution in [3.63, 3.8) is 0 Å². The number of halogens is 3. The molecule has 0 unspecified atom stereocenters. The molecular weight excluding hydrogens is 207 g/mol. The Labute approximate surface area is 82.9 Å². The van der Waals surface area contributed by atoms with Crippen molar-refractivity contribution in [2.45, 2.75) is 0 Å². The Bertz CT molecular complexity index is 560. The Morgan fingerprint density at radius 3 is 2.47 bits per heavy atom. The first-order valence-electron chi connectivity index (χ1n) is 4.14. The second kappa shape index (κ2) is 3.12. The molecule has 1 heterocycles. The van der Waals surface area contributed by atoms with E-state index in [1.165, 1.54) is 17.7 Å². The summed E-state index contributed by atoms with van der Waals surface area (Å²) >= 11 is 0. The maximum absolute atomic E-state index is 13.3. The molecule has 0 saturated heterocycles. The van der Waals surface area contributed by atoms with Gasteiger partial charge in [-0.05, 0) is 12.1 Å². The predicted molar refractivity (Wildman–Crippen MR) is 48.2 cm³/mol. The summed E-state index contributed by atoms with van der Waals surface area (Å²) in [5.74, 6) is -4.07. The van der Waals surface area contributed by atoms with Crippen molar-refractivity contribution in [1.29, 1.82) is 0 Å². The van der Waals surface area contributed by atoms with Gasteiger partial charge in [0.2, 0.25) is 0 Å². The number of carbonyl (C=O) groups excluding carboxylic acids is 1. The summed E-state index contributed by atoms with van der Waals surface area (Å²) < 4.78 is 40.2. The Morgan fingerprint density at radius 1 is 1.20 bits per heavy atom. The number of aromatic nitrogens is 1. The van der Waals surface area contributed by atoms with Gasteiger partial charge in [0, 0.05) is 12.4 Å². The molecule has 5 heteroatoms. The molecule has 0 spiro atoms. The number of aldehydes is 1. The van der Waals surface area contributed by atoms with Crippen LogP contribution >= 0.6 is 0 Å². The van der Waals surface area contributed by atoms with E-state index >= 15 is 0 Å². The van der Waals surface area contributed by atoms with E-state index in [1.54, 1.807) is 0 Å². The van der Waals surface area contributed by atoms with E-state index < -0.39 is 17.5 Å².